The van der Waals surface area contributed by atoms with Gasteiger partial charge in [0, 0.05) is 23.5 Å². The zero-order chi connectivity index (χ0) is 33.5. The molecular weight excluding hydrogens is 588 g/mol. The van der Waals surface area contributed by atoms with E-state index >= 15 is 0 Å². The second kappa shape index (κ2) is 17.6. The normalized spacial score (nSPS) is 12.6. The summed E-state index contributed by atoms with van der Waals surface area (Å²) in [6, 6.07) is 22.4. The molecule has 3 aromatic rings. The zero-order valence-corrected chi connectivity index (χ0v) is 25.8. The third-order valence-corrected chi connectivity index (χ3v) is 7.08. The lowest BCUT2D eigenvalue weighted by atomic mass is 10.00. The van der Waals surface area contributed by atoms with Gasteiger partial charge >= 0.3 is 11.2 Å². The number of guanidine groups is 1. The molecule has 7 N–H and O–H groups in total. The highest BCUT2D eigenvalue weighted by molar-refractivity contribution is 6.00. The van der Waals surface area contributed by atoms with E-state index in [9.17, 15) is 24.1 Å². The van der Waals surface area contributed by atoms with Crippen molar-refractivity contribution in [3.05, 3.63) is 107 Å². The predicted molar refractivity (Wildman–Crippen MR) is 175 cm³/mol. The van der Waals surface area contributed by atoms with E-state index in [4.69, 9.17) is 11.1 Å². The van der Waals surface area contributed by atoms with Gasteiger partial charge in [-0.2, -0.15) is 0 Å². The van der Waals surface area contributed by atoms with E-state index in [-0.39, 0.29) is 31.0 Å². The number of nitrogens with two attached hydrogens (primary N) is 1. The van der Waals surface area contributed by atoms with Crippen LogP contribution in [0.5, 0.6) is 0 Å². The first-order valence-corrected chi connectivity index (χ1v) is 14.9. The van der Waals surface area contributed by atoms with Crippen LogP contribution in [0.3, 0.4) is 0 Å². The van der Waals surface area contributed by atoms with Crippen molar-refractivity contribution in [1.82, 2.24) is 26.6 Å². The van der Waals surface area contributed by atoms with Crippen LogP contribution in [0.2, 0.25) is 0 Å². The molecule has 241 valence electrons. The van der Waals surface area contributed by atoms with Crippen LogP contribution in [-0.4, -0.2) is 54.3 Å². The molecule has 0 spiro atoms. The lowest BCUT2D eigenvalue weighted by Crippen LogP contribution is -2.59. The molecule has 0 aliphatic rings. The molecule has 1 radical (unpaired) electrons. The molecule has 0 fully saturated rings. The summed E-state index contributed by atoms with van der Waals surface area (Å²) in [7, 11) is 0. The lowest BCUT2D eigenvalue weighted by Gasteiger charge is -2.27. The Kier molecular flexibility index (Phi) is 13.4. The van der Waals surface area contributed by atoms with Gasteiger partial charge in [-0.15, -0.1) is 0 Å². The highest BCUT2D eigenvalue weighted by Gasteiger charge is 2.37. The fourth-order valence-corrected chi connectivity index (χ4v) is 4.66. The third kappa shape index (κ3) is 10.5. The summed E-state index contributed by atoms with van der Waals surface area (Å²) in [6.45, 7) is 3.70. The van der Waals surface area contributed by atoms with Crippen molar-refractivity contribution >= 4 is 35.3 Å². The number of nitroso groups, excluding NO2 is 1. The number of anilines is 1. The van der Waals surface area contributed by atoms with Crippen LogP contribution in [-0.2, 0) is 20.8 Å². The van der Waals surface area contributed by atoms with Crippen molar-refractivity contribution in [3.63, 3.8) is 0 Å². The Bertz CT molecular complexity index is 1470. The lowest BCUT2D eigenvalue weighted by molar-refractivity contribution is -0.133. The topological polar surface area (TPSA) is 201 Å². The van der Waals surface area contributed by atoms with Crippen LogP contribution in [0.25, 0.3) is 0 Å². The Morgan fingerprint density at radius 2 is 1.39 bits per heavy atom. The molecule has 0 saturated carbocycles. The number of benzene rings is 3. The molecule has 3 aromatic carbocycles. The van der Waals surface area contributed by atoms with Crippen LogP contribution in [0.1, 0.15) is 42.6 Å². The van der Waals surface area contributed by atoms with Gasteiger partial charge in [-0.3, -0.25) is 24.6 Å². The monoisotopic (exact) mass is 628 g/mol. The van der Waals surface area contributed by atoms with Crippen molar-refractivity contribution < 1.29 is 19.2 Å². The van der Waals surface area contributed by atoms with Crippen LogP contribution in [0, 0.1) is 16.2 Å². The molecule has 13 nitrogen and oxygen atoms in total. The SMILES string of the molecule is CC(C)[C@H](NC(=O)[C@H](Cc1ccccc1)NC(=O)c1ccccc1)C(=O)N[C@@H](CCCNC(=N)N)C(=O)N([N+]=O)c1ccccc1. The predicted octanol–water partition coefficient (Wildman–Crippen LogP) is 1.97. The molecule has 13 heteroatoms. The third-order valence-electron chi connectivity index (χ3n) is 7.08. The molecule has 0 heterocycles. The first-order chi connectivity index (χ1) is 22.1. The largest absolute Gasteiger partial charge is 0.494 e. The van der Waals surface area contributed by atoms with Gasteiger partial charge in [0.05, 0.1) is 0 Å². The molecule has 0 aliphatic heterocycles. The van der Waals surface area contributed by atoms with Crippen molar-refractivity contribution in [1.29, 1.82) is 5.41 Å². The molecule has 0 unspecified atom stereocenters. The van der Waals surface area contributed by atoms with Crippen molar-refractivity contribution in [2.45, 2.75) is 51.2 Å². The molecule has 0 aromatic heterocycles. The minimum Gasteiger partial charge on any atom is -0.370 e. The maximum atomic E-state index is 13.7. The minimum absolute atomic E-state index is 0.0756. The van der Waals surface area contributed by atoms with E-state index in [0.29, 0.717) is 17.0 Å². The summed E-state index contributed by atoms with van der Waals surface area (Å²) in [6.07, 6.45) is 0.548. The van der Waals surface area contributed by atoms with E-state index in [1.807, 2.05) is 30.3 Å². The minimum atomic E-state index is -1.20. The molecule has 46 heavy (non-hydrogen) atoms. The highest BCUT2D eigenvalue weighted by atomic mass is 16.3. The summed E-state index contributed by atoms with van der Waals surface area (Å²) in [4.78, 5) is 65.7. The second-order valence-electron chi connectivity index (χ2n) is 10.9. The Labute approximate surface area is 267 Å². The summed E-state index contributed by atoms with van der Waals surface area (Å²) in [5.41, 5.74) is 6.75. The molecular formula is C33H40N8O5+. The van der Waals surface area contributed by atoms with Gasteiger partial charge in [0.15, 0.2) is 5.96 Å². The van der Waals surface area contributed by atoms with E-state index in [1.54, 1.807) is 62.4 Å². The van der Waals surface area contributed by atoms with Gasteiger partial charge in [0.2, 0.25) is 11.8 Å². The number of carbonyl (C=O) groups is 4. The van der Waals surface area contributed by atoms with Gasteiger partial charge in [-0.25, -0.2) is 0 Å². The van der Waals surface area contributed by atoms with Crippen LogP contribution in [0.15, 0.2) is 91.0 Å². The van der Waals surface area contributed by atoms with E-state index in [2.05, 4.69) is 26.6 Å². The van der Waals surface area contributed by atoms with Crippen LogP contribution >= 0.6 is 0 Å². The fourth-order valence-electron chi connectivity index (χ4n) is 4.66. The maximum absolute atomic E-state index is 13.7. The van der Waals surface area contributed by atoms with Crippen molar-refractivity contribution in [3.8, 4) is 0 Å². The molecule has 0 aliphatic carbocycles. The van der Waals surface area contributed by atoms with Crippen molar-refractivity contribution in [2.75, 3.05) is 11.6 Å². The van der Waals surface area contributed by atoms with Gasteiger partial charge in [0.1, 0.15) is 28.7 Å². The van der Waals surface area contributed by atoms with E-state index in [0.717, 1.165) is 5.56 Å². The molecule has 3 atom stereocenters. The van der Waals surface area contributed by atoms with Gasteiger partial charge < -0.3 is 27.0 Å². The first kappa shape index (κ1) is 34.9. The van der Waals surface area contributed by atoms with Gasteiger partial charge in [0.25, 0.3) is 5.91 Å². The van der Waals surface area contributed by atoms with Crippen LogP contribution < -0.4 is 37.3 Å². The summed E-state index contributed by atoms with van der Waals surface area (Å²) in [5, 5.41) is 21.8. The van der Waals surface area contributed by atoms with Crippen molar-refractivity contribution in [2.24, 2.45) is 11.7 Å². The Morgan fingerprint density at radius 3 is 1.96 bits per heavy atom. The standard InChI is InChI=1S/C33H40N8O5/c1-22(2)28(39-30(43)27(21-23-13-6-3-7-14-23)38-29(42)24-15-8-4-9-16-24)31(44)37-26(19-12-20-36-33(34)35)32(45)41(40-46)25-17-10-5-11-18-25/h3-11,13-18,22,26-28H,12,19-21H2,1-2H3,(H,37,44)(H,38,42)(H,39,43)(H4,34,35,36)/q+1/t26-,27-,28-/m0/s1. The number of hydrogen-bond donors (Lipinski definition) is 6. The number of amides is 4. The quantitative estimate of drug-likeness (QED) is 0.0602. The number of nitrogens with zero attached hydrogens (tertiary/aromatic N) is 2. The first-order valence-electron chi connectivity index (χ1n) is 14.9. The fraction of sp³-hybridized carbons (Fsp3) is 0.303. The maximum Gasteiger partial charge on any atom is 0.494 e. The zero-order valence-electron chi connectivity index (χ0n) is 25.8. The summed E-state index contributed by atoms with van der Waals surface area (Å²) in [5.74, 6) is -3.14. The van der Waals surface area contributed by atoms with E-state index in [1.165, 1.54) is 12.1 Å². The Balaban J connectivity index is 1.81. The number of rotatable bonds is 16. The Hall–Kier alpha value is -5.59. The second-order valence-corrected chi connectivity index (χ2v) is 10.9. The molecule has 4 amide bonds. The molecule has 0 saturated heterocycles. The average Bonchev–Trinajstić information content (AvgIpc) is 3.05. The Morgan fingerprint density at radius 1 is 0.804 bits per heavy atom. The van der Waals surface area contributed by atoms with Gasteiger partial charge in [-0.1, -0.05) is 80.6 Å². The smallest absolute Gasteiger partial charge is 0.370 e. The number of hydrogen-bond acceptors (Lipinski definition) is 7. The number of para-hydroxylation sites is 1. The average molecular weight is 629 g/mol. The summed E-state index contributed by atoms with van der Waals surface area (Å²) >= 11 is 0. The van der Waals surface area contributed by atoms with E-state index < -0.39 is 47.7 Å². The highest BCUT2D eigenvalue weighted by Crippen LogP contribution is 2.15. The number of nitrogens with one attached hydrogen (secondary N) is 5. The molecule has 0 bridgehead atoms. The van der Waals surface area contributed by atoms with Gasteiger partial charge in [-0.05, 0) is 48.6 Å². The molecule has 3 rings (SSSR count). The number of carbonyl (C=O) groups excluding carboxylic acids is 4. The summed E-state index contributed by atoms with van der Waals surface area (Å²) < 4.78 is 0. The van der Waals surface area contributed by atoms with Crippen LogP contribution in [0.4, 0.5) is 5.69 Å².